The molecule has 0 amide bonds. The van der Waals surface area contributed by atoms with Gasteiger partial charge in [-0.05, 0) is 36.1 Å². The Labute approximate surface area is 189 Å². The molecule has 0 radical (unpaired) electrons. The molecule has 1 aliphatic heterocycles. The number of hydrogen-bond acceptors (Lipinski definition) is 5. The van der Waals surface area contributed by atoms with Crippen molar-refractivity contribution in [3.63, 3.8) is 0 Å². The van der Waals surface area contributed by atoms with Crippen LogP contribution < -0.4 is 16.1 Å². The fourth-order valence-electron chi connectivity index (χ4n) is 4.50. The molecule has 5 rings (SSSR count). The predicted molar refractivity (Wildman–Crippen MR) is 124 cm³/mol. The standard InChI is InChI=1S/C24H20Cl2N2O3/c1-24(2)9-18-20(19(29)10-24)21(28-17-6-4-3-5-16(17)27-18)14-11-31-23-13(22(14)30)7-12(25)8-15(23)26/h3-8,11,21,27-28H,9-10H2,1-2H3/t21-/m0/s1. The van der Waals surface area contributed by atoms with Gasteiger partial charge in [-0.15, -0.1) is 0 Å². The smallest absolute Gasteiger partial charge is 0.198 e. The van der Waals surface area contributed by atoms with E-state index in [4.69, 9.17) is 27.6 Å². The second-order valence-corrected chi connectivity index (χ2v) is 9.71. The van der Waals surface area contributed by atoms with Gasteiger partial charge >= 0.3 is 0 Å². The second-order valence-electron chi connectivity index (χ2n) is 8.87. The lowest BCUT2D eigenvalue weighted by molar-refractivity contribution is -0.118. The van der Waals surface area contributed by atoms with Crippen LogP contribution in [0, 0.1) is 5.41 Å². The number of ketones is 1. The summed E-state index contributed by atoms with van der Waals surface area (Å²) in [5.74, 6) is 0.00711. The fraction of sp³-hybridized carbons (Fsp3) is 0.250. The minimum atomic E-state index is -0.659. The molecule has 0 saturated heterocycles. The van der Waals surface area contributed by atoms with Gasteiger partial charge in [0.15, 0.2) is 16.8 Å². The number of carbonyl (C=O) groups excluding carboxylic acids is 1. The van der Waals surface area contributed by atoms with Crippen molar-refractivity contribution in [2.75, 3.05) is 10.6 Å². The summed E-state index contributed by atoms with van der Waals surface area (Å²) < 4.78 is 5.76. The molecule has 0 bridgehead atoms. The summed E-state index contributed by atoms with van der Waals surface area (Å²) >= 11 is 12.4. The van der Waals surface area contributed by atoms with Crippen LogP contribution >= 0.6 is 23.2 Å². The summed E-state index contributed by atoms with van der Waals surface area (Å²) in [5, 5.41) is 7.74. The summed E-state index contributed by atoms with van der Waals surface area (Å²) in [5.41, 5.74) is 3.22. The van der Waals surface area contributed by atoms with Crippen LogP contribution in [0.25, 0.3) is 11.0 Å². The zero-order chi connectivity index (χ0) is 21.9. The Hall–Kier alpha value is -2.76. The van der Waals surface area contributed by atoms with Crippen LogP contribution in [0.15, 0.2) is 63.1 Å². The molecule has 2 heterocycles. The van der Waals surface area contributed by atoms with Gasteiger partial charge in [-0.3, -0.25) is 9.59 Å². The van der Waals surface area contributed by atoms with E-state index in [-0.39, 0.29) is 32.6 Å². The van der Waals surface area contributed by atoms with E-state index in [2.05, 4.69) is 24.5 Å². The van der Waals surface area contributed by atoms with Crippen molar-refractivity contribution in [2.24, 2.45) is 5.41 Å². The predicted octanol–water partition coefficient (Wildman–Crippen LogP) is 6.32. The van der Waals surface area contributed by atoms with Crippen LogP contribution in [0.4, 0.5) is 11.4 Å². The number of Topliss-reactive ketones (excluding diaryl/α,β-unsaturated/α-hetero) is 1. The molecule has 2 aromatic carbocycles. The van der Waals surface area contributed by atoms with Crippen LogP contribution in [-0.4, -0.2) is 5.78 Å². The van der Waals surface area contributed by atoms with Gasteiger partial charge in [-0.25, -0.2) is 0 Å². The van der Waals surface area contributed by atoms with E-state index in [0.717, 1.165) is 17.1 Å². The van der Waals surface area contributed by atoms with Crippen LogP contribution in [-0.2, 0) is 4.79 Å². The van der Waals surface area contributed by atoms with Crippen molar-refractivity contribution >= 4 is 51.3 Å². The number of allylic oxidation sites excluding steroid dienone is 1. The van der Waals surface area contributed by atoms with Gasteiger partial charge in [0, 0.05) is 22.7 Å². The third kappa shape index (κ3) is 3.42. The van der Waals surface area contributed by atoms with E-state index >= 15 is 0 Å². The van der Waals surface area contributed by atoms with Crippen LogP contribution in [0.2, 0.25) is 10.0 Å². The van der Waals surface area contributed by atoms with Crippen LogP contribution in [0.3, 0.4) is 0 Å². The average molecular weight is 455 g/mol. The molecule has 1 aromatic heterocycles. The highest BCUT2D eigenvalue weighted by molar-refractivity contribution is 6.38. The third-order valence-corrected chi connectivity index (χ3v) is 6.35. The first-order chi connectivity index (χ1) is 14.7. The molecule has 1 atom stereocenters. The maximum atomic E-state index is 13.5. The number of anilines is 2. The van der Waals surface area contributed by atoms with Crippen LogP contribution in [0.5, 0.6) is 0 Å². The van der Waals surface area contributed by atoms with Gasteiger partial charge in [-0.1, -0.05) is 49.2 Å². The maximum Gasteiger partial charge on any atom is 0.198 e. The Morgan fingerprint density at radius 2 is 1.81 bits per heavy atom. The van der Waals surface area contributed by atoms with E-state index in [1.54, 1.807) is 6.07 Å². The lowest BCUT2D eigenvalue weighted by Crippen LogP contribution is -2.33. The SMILES string of the molecule is CC1(C)CC(=O)C2=C(C1)Nc1ccccc1N[C@H]2c1coc2c(Cl)cc(Cl)cc2c1=O. The minimum Gasteiger partial charge on any atom is -0.462 e. The Morgan fingerprint density at radius 1 is 1.06 bits per heavy atom. The number of rotatable bonds is 1. The topological polar surface area (TPSA) is 71.3 Å². The fourth-order valence-corrected chi connectivity index (χ4v) is 5.04. The van der Waals surface area contributed by atoms with E-state index < -0.39 is 6.04 Å². The number of halogens is 2. The quantitative estimate of drug-likeness (QED) is 0.449. The van der Waals surface area contributed by atoms with Gasteiger partial charge in [0.1, 0.15) is 6.26 Å². The lowest BCUT2D eigenvalue weighted by atomic mass is 9.73. The number of fused-ring (bicyclic) bond motifs is 2. The minimum absolute atomic E-state index is 0.00711. The molecule has 5 nitrogen and oxygen atoms in total. The molecule has 2 aliphatic rings. The summed E-state index contributed by atoms with van der Waals surface area (Å²) in [6.45, 7) is 4.15. The van der Waals surface area contributed by atoms with E-state index in [0.29, 0.717) is 29.0 Å². The molecule has 0 saturated carbocycles. The molecule has 3 aromatic rings. The summed E-state index contributed by atoms with van der Waals surface area (Å²) in [6, 6.07) is 10.1. The molecule has 1 aliphatic carbocycles. The number of nitrogens with one attached hydrogen (secondary N) is 2. The number of carbonyl (C=O) groups is 1. The van der Waals surface area contributed by atoms with Crippen molar-refractivity contribution < 1.29 is 9.21 Å². The monoisotopic (exact) mass is 454 g/mol. The Balaban J connectivity index is 1.76. The van der Waals surface area contributed by atoms with Gasteiger partial charge in [0.25, 0.3) is 0 Å². The van der Waals surface area contributed by atoms with Crippen molar-refractivity contribution in [3.8, 4) is 0 Å². The highest BCUT2D eigenvalue weighted by Crippen LogP contribution is 2.45. The van der Waals surface area contributed by atoms with E-state index in [9.17, 15) is 9.59 Å². The molecule has 7 heteroatoms. The Kier molecular flexibility index (Phi) is 4.65. The Bertz CT molecular complexity index is 1340. The van der Waals surface area contributed by atoms with Crippen molar-refractivity contribution in [2.45, 2.75) is 32.7 Å². The zero-order valence-corrected chi connectivity index (χ0v) is 18.5. The first-order valence-corrected chi connectivity index (χ1v) is 10.8. The zero-order valence-electron chi connectivity index (χ0n) is 17.0. The van der Waals surface area contributed by atoms with Crippen LogP contribution in [0.1, 0.15) is 38.3 Å². The van der Waals surface area contributed by atoms with Gasteiger partial charge in [0.2, 0.25) is 0 Å². The van der Waals surface area contributed by atoms with E-state index in [1.807, 2.05) is 24.3 Å². The number of hydrogen-bond donors (Lipinski definition) is 2. The molecular formula is C24H20Cl2N2O3. The first kappa shape index (κ1) is 20.2. The normalized spacial score (nSPS) is 19.9. The molecule has 2 N–H and O–H groups in total. The molecule has 0 fully saturated rings. The lowest BCUT2D eigenvalue weighted by Gasteiger charge is -2.33. The summed E-state index contributed by atoms with van der Waals surface area (Å²) in [4.78, 5) is 26.8. The number of para-hydroxylation sites is 2. The maximum absolute atomic E-state index is 13.5. The van der Waals surface area contributed by atoms with E-state index in [1.165, 1.54) is 12.3 Å². The summed E-state index contributed by atoms with van der Waals surface area (Å²) in [6.07, 6.45) is 2.49. The van der Waals surface area contributed by atoms with Crippen molar-refractivity contribution in [1.82, 2.24) is 0 Å². The van der Waals surface area contributed by atoms with Gasteiger partial charge in [0.05, 0.1) is 33.4 Å². The molecule has 0 unspecified atom stereocenters. The molecule has 0 spiro atoms. The molecule has 31 heavy (non-hydrogen) atoms. The Morgan fingerprint density at radius 3 is 2.58 bits per heavy atom. The highest BCUT2D eigenvalue weighted by atomic mass is 35.5. The van der Waals surface area contributed by atoms with Crippen molar-refractivity contribution in [1.29, 1.82) is 0 Å². The van der Waals surface area contributed by atoms with Gasteiger partial charge in [-0.2, -0.15) is 0 Å². The third-order valence-electron chi connectivity index (χ3n) is 5.85. The van der Waals surface area contributed by atoms with Crippen molar-refractivity contribution in [3.05, 3.63) is 79.8 Å². The number of benzene rings is 2. The largest absolute Gasteiger partial charge is 0.462 e. The average Bonchev–Trinajstić information content (AvgIpc) is 2.84. The second kappa shape index (κ2) is 7.14. The molecule has 158 valence electrons. The first-order valence-electron chi connectivity index (χ1n) is 10.0. The van der Waals surface area contributed by atoms with Gasteiger partial charge < -0.3 is 15.1 Å². The molecular weight excluding hydrogens is 435 g/mol. The summed E-state index contributed by atoms with van der Waals surface area (Å²) in [7, 11) is 0. The highest BCUT2D eigenvalue weighted by Gasteiger charge is 2.39.